The van der Waals surface area contributed by atoms with Gasteiger partial charge in [-0.2, -0.15) is 5.10 Å². The molecule has 0 saturated carbocycles. The van der Waals surface area contributed by atoms with Crippen LogP contribution in [0.25, 0.3) is 38.8 Å². The second kappa shape index (κ2) is 5.56. The van der Waals surface area contributed by atoms with Crippen molar-refractivity contribution in [2.45, 2.75) is 0 Å². The summed E-state index contributed by atoms with van der Waals surface area (Å²) in [6.45, 7) is 0. The van der Waals surface area contributed by atoms with Gasteiger partial charge in [0.15, 0.2) is 0 Å². The molecule has 0 radical (unpaired) electrons. The van der Waals surface area contributed by atoms with Crippen LogP contribution in [0, 0.1) is 0 Å². The molecule has 118 valence electrons. The van der Waals surface area contributed by atoms with E-state index in [4.69, 9.17) is 5.10 Å². The third kappa shape index (κ3) is 2.46. The number of aromatic nitrogens is 3. The van der Waals surface area contributed by atoms with Gasteiger partial charge in [0.2, 0.25) is 0 Å². The van der Waals surface area contributed by atoms with Crippen molar-refractivity contribution in [2.24, 2.45) is 0 Å². The summed E-state index contributed by atoms with van der Waals surface area (Å²) in [5.74, 6) is 0. The van der Waals surface area contributed by atoms with Gasteiger partial charge in [-0.25, -0.2) is 4.52 Å². The smallest absolute Gasteiger partial charge is 0.0933 e. The van der Waals surface area contributed by atoms with Crippen molar-refractivity contribution < 1.29 is 0 Å². The van der Waals surface area contributed by atoms with Gasteiger partial charge in [-0.15, -0.1) is 0 Å². The molecule has 0 aliphatic heterocycles. The van der Waals surface area contributed by atoms with E-state index < -0.39 is 0 Å². The standard InChI is InChI=1S/C22H15N3/c1-2-6-19-15-25-20(13-18(19)5-1)14-22(24-25)17-10-8-16(9-11-17)21-7-3-4-12-23-21/h1-15H. The molecule has 0 N–H and O–H groups in total. The zero-order chi connectivity index (χ0) is 16.6. The van der Waals surface area contributed by atoms with Crippen LogP contribution in [0.15, 0.2) is 91.3 Å². The summed E-state index contributed by atoms with van der Waals surface area (Å²) < 4.78 is 1.95. The lowest BCUT2D eigenvalue weighted by Crippen LogP contribution is -1.87. The SMILES string of the molecule is c1ccc(-c2ccc(-c3cc4cc5ccccc5cn4n3)cc2)nc1. The Hall–Kier alpha value is -3.46. The summed E-state index contributed by atoms with van der Waals surface area (Å²) in [5.41, 5.74) is 5.27. The summed E-state index contributed by atoms with van der Waals surface area (Å²) in [5, 5.41) is 7.16. The number of nitrogens with zero attached hydrogens (tertiary/aromatic N) is 3. The first kappa shape index (κ1) is 13.9. The molecule has 0 spiro atoms. The quantitative estimate of drug-likeness (QED) is 0.446. The van der Waals surface area contributed by atoms with Gasteiger partial charge >= 0.3 is 0 Å². The molecule has 0 fully saturated rings. The molecule has 0 atom stereocenters. The lowest BCUT2D eigenvalue weighted by atomic mass is 10.1. The maximum Gasteiger partial charge on any atom is 0.0933 e. The first-order valence-electron chi connectivity index (χ1n) is 8.27. The number of benzene rings is 2. The zero-order valence-corrected chi connectivity index (χ0v) is 13.5. The molecule has 0 amide bonds. The highest BCUT2D eigenvalue weighted by Crippen LogP contribution is 2.25. The van der Waals surface area contributed by atoms with Crippen LogP contribution >= 0.6 is 0 Å². The van der Waals surface area contributed by atoms with Gasteiger partial charge in [0.05, 0.1) is 16.9 Å². The minimum absolute atomic E-state index is 0.975. The van der Waals surface area contributed by atoms with E-state index in [0.717, 1.165) is 28.0 Å². The van der Waals surface area contributed by atoms with Crippen molar-refractivity contribution in [1.82, 2.24) is 14.6 Å². The fourth-order valence-electron chi connectivity index (χ4n) is 3.16. The van der Waals surface area contributed by atoms with E-state index in [1.54, 1.807) is 0 Å². The van der Waals surface area contributed by atoms with E-state index in [9.17, 15) is 0 Å². The largest absolute Gasteiger partial charge is 0.256 e. The highest BCUT2D eigenvalue weighted by molar-refractivity contribution is 5.86. The molecule has 3 nitrogen and oxygen atoms in total. The van der Waals surface area contributed by atoms with E-state index in [-0.39, 0.29) is 0 Å². The van der Waals surface area contributed by atoms with Crippen molar-refractivity contribution in [2.75, 3.05) is 0 Å². The van der Waals surface area contributed by atoms with E-state index in [0.29, 0.717) is 0 Å². The van der Waals surface area contributed by atoms with Crippen LogP contribution in [0.4, 0.5) is 0 Å². The molecular formula is C22H15N3. The number of pyridine rings is 2. The van der Waals surface area contributed by atoms with Crippen molar-refractivity contribution in [3.8, 4) is 22.5 Å². The van der Waals surface area contributed by atoms with Crippen molar-refractivity contribution >= 4 is 16.3 Å². The summed E-state index contributed by atoms with van der Waals surface area (Å²) in [6.07, 6.45) is 3.90. The maximum absolute atomic E-state index is 4.74. The van der Waals surface area contributed by atoms with Crippen molar-refractivity contribution in [1.29, 1.82) is 0 Å². The minimum atomic E-state index is 0.975. The third-order valence-corrected chi connectivity index (χ3v) is 4.47. The van der Waals surface area contributed by atoms with E-state index in [1.165, 1.54) is 10.8 Å². The van der Waals surface area contributed by atoms with E-state index in [2.05, 4.69) is 71.8 Å². The predicted octanol–water partition coefficient (Wildman–Crippen LogP) is 5.22. The van der Waals surface area contributed by atoms with Gasteiger partial charge in [0.25, 0.3) is 0 Å². The molecule has 0 aliphatic carbocycles. The molecule has 0 bridgehead atoms. The first-order valence-corrected chi connectivity index (χ1v) is 8.27. The van der Waals surface area contributed by atoms with Crippen LogP contribution < -0.4 is 0 Å². The van der Waals surface area contributed by atoms with Gasteiger partial charge in [-0.3, -0.25) is 4.98 Å². The Bertz CT molecular complexity index is 1120. The van der Waals surface area contributed by atoms with Crippen LogP contribution in [0.2, 0.25) is 0 Å². The lowest BCUT2D eigenvalue weighted by molar-refractivity contribution is 0.974. The summed E-state index contributed by atoms with van der Waals surface area (Å²) in [7, 11) is 0. The van der Waals surface area contributed by atoms with Crippen LogP contribution in [0.5, 0.6) is 0 Å². The molecule has 5 rings (SSSR count). The predicted molar refractivity (Wildman–Crippen MR) is 101 cm³/mol. The highest BCUT2D eigenvalue weighted by atomic mass is 15.2. The second-order valence-corrected chi connectivity index (χ2v) is 6.09. The Morgan fingerprint density at radius 2 is 1.36 bits per heavy atom. The molecule has 25 heavy (non-hydrogen) atoms. The fraction of sp³-hybridized carbons (Fsp3) is 0. The summed E-state index contributed by atoms with van der Waals surface area (Å²) in [6, 6.07) is 27.0. The fourth-order valence-corrected chi connectivity index (χ4v) is 3.16. The average molecular weight is 321 g/mol. The number of hydrogen-bond acceptors (Lipinski definition) is 2. The highest BCUT2D eigenvalue weighted by Gasteiger charge is 2.06. The Morgan fingerprint density at radius 1 is 0.640 bits per heavy atom. The van der Waals surface area contributed by atoms with Crippen molar-refractivity contribution in [3.63, 3.8) is 0 Å². The Balaban J connectivity index is 1.57. The molecule has 2 aromatic carbocycles. The zero-order valence-electron chi connectivity index (χ0n) is 13.5. The van der Waals surface area contributed by atoms with E-state index in [1.807, 2.05) is 28.9 Å². The summed E-state index contributed by atoms with van der Waals surface area (Å²) in [4.78, 5) is 4.40. The van der Waals surface area contributed by atoms with Gasteiger partial charge in [-0.05, 0) is 29.7 Å². The van der Waals surface area contributed by atoms with Gasteiger partial charge in [0.1, 0.15) is 0 Å². The average Bonchev–Trinajstić information content (AvgIpc) is 3.10. The Labute approximate surface area is 145 Å². The monoisotopic (exact) mass is 321 g/mol. The van der Waals surface area contributed by atoms with Crippen molar-refractivity contribution in [3.05, 3.63) is 91.3 Å². The number of rotatable bonds is 2. The minimum Gasteiger partial charge on any atom is -0.256 e. The molecule has 0 aliphatic rings. The third-order valence-electron chi connectivity index (χ3n) is 4.47. The molecule has 0 saturated heterocycles. The van der Waals surface area contributed by atoms with Gasteiger partial charge in [0, 0.05) is 28.9 Å². The molecule has 0 unspecified atom stereocenters. The Morgan fingerprint density at radius 3 is 2.12 bits per heavy atom. The normalized spacial score (nSPS) is 11.2. The van der Waals surface area contributed by atoms with E-state index >= 15 is 0 Å². The van der Waals surface area contributed by atoms with Crippen LogP contribution in [0.1, 0.15) is 0 Å². The first-order chi connectivity index (χ1) is 12.4. The second-order valence-electron chi connectivity index (χ2n) is 6.09. The topological polar surface area (TPSA) is 30.2 Å². The molecular weight excluding hydrogens is 306 g/mol. The Kier molecular flexibility index (Phi) is 3.10. The molecule has 3 heterocycles. The molecule has 3 heteroatoms. The summed E-state index contributed by atoms with van der Waals surface area (Å²) >= 11 is 0. The van der Waals surface area contributed by atoms with Gasteiger partial charge < -0.3 is 0 Å². The van der Waals surface area contributed by atoms with Crippen LogP contribution in [-0.4, -0.2) is 14.6 Å². The molecule has 3 aromatic heterocycles. The van der Waals surface area contributed by atoms with Crippen LogP contribution in [-0.2, 0) is 0 Å². The lowest BCUT2D eigenvalue weighted by Gasteiger charge is -2.01. The van der Waals surface area contributed by atoms with Gasteiger partial charge in [-0.1, -0.05) is 54.6 Å². The van der Waals surface area contributed by atoms with Crippen LogP contribution in [0.3, 0.4) is 0 Å². The molecule has 5 aromatic rings. The number of fused-ring (bicyclic) bond motifs is 2. The number of hydrogen-bond donors (Lipinski definition) is 0. The maximum atomic E-state index is 4.74.